The summed E-state index contributed by atoms with van der Waals surface area (Å²) in [6.45, 7) is 2.16. The fourth-order valence-electron chi connectivity index (χ4n) is 3.64. The lowest BCUT2D eigenvalue weighted by Crippen LogP contribution is -2.29. The number of imide groups is 1. The first kappa shape index (κ1) is 21.8. The van der Waals surface area contributed by atoms with Crippen molar-refractivity contribution in [1.29, 1.82) is 5.26 Å². The Morgan fingerprint density at radius 3 is 2.33 bits per heavy atom. The molecule has 2 amide bonds. The smallest absolute Gasteiger partial charge is 0.342 e. The molecular formula is C26H20N2O5. The van der Waals surface area contributed by atoms with Crippen molar-refractivity contribution in [2.45, 2.75) is 20.1 Å². The zero-order chi connectivity index (χ0) is 23.4. The largest absolute Gasteiger partial charge is 0.493 e. The number of rotatable bonds is 7. The molecule has 0 bridgehead atoms. The SMILES string of the molecule is CCOc1ccc(CN2C(=O)c3ccccc3C2=O)cc1C(=O)OCc1cccc(C#N)c1. The molecule has 3 aromatic carbocycles. The maximum absolute atomic E-state index is 12.9. The second-order valence-electron chi connectivity index (χ2n) is 7.39. The van der Waals surface area contributed by atoms with Gasteiger partial charge in [-0.1, -0.05) is 30.3 Å². The molecule has 0 saturated carbocycles. The number of nitriles is 1. The van der Waals surface area contributed by atoms with Crippen LogP contribution in [-0.2, 0) is 17.9 Å². The van der Waals surface area contributed by atoms with Gasteiger partial charge in [-0.15, -0.1) is 0 Å². The van der Waals surface area contributed by atoms with Crippen molar-refractivity contribution in [3.8, 4) is 11.8 Å². The van der Waals surface area contributed by atoms with Crippen molar-refractivity contribution in [3.05, 3.63) is 100 Å². The quantitative estimate of drug-likeness (QED) is 0.405. The van der Waals surface area contributed by atoms with E-state index in [-0.39, 0.29) is 30.5 Å². The predicted octanol–water partition coefficient (Wildman–Crippen LogP) is 4.11. The third-order valence-corrected chi connectivity index (χ3v) is 5.21. The molecule has 1 aliphatic heterocycles. The van der Waals surface area contributed by atoms with E-state index < -0.39 is 5.97 Å². The highest BCUT2D eigenvalue weighted by atomic mass is 16.5. The first-order chi connectivity index (χ1) is 16.0. The van der Waals surface area contributed by atoms with Crippen molar-refractivity contribution in [1.82, 2.24) is 4.90 Å². The van der Waals surface area contributed by atoms with E-state index in [1.54, 1.807) is 73.7 Å². The summed E-state index contributed by atoms with van der Waals surface area (Å²) >= 11 is 0. The van der Waals surface area contributed by atoms with Crippen LogP contribution in [0, 0.1) is 11.3 Å². The molecule has 0 fully saturated rings. The predicted molar refractivity (Wildman–Crippen MR) is 119 cm³/mol. The average molecular weight is 440 g/mol. The van der Waals surface area contributed by atoms with E-state index in [0.717, 1.165) is 4.90 Å². The second-order valence-corrected chi connectivity index (χ2v) is 7.39. The van der Waals surface area contributed by atoms with Crippen LogP contribution in [0.25, 0.3) is 0 Å². The van der Waals surface area contributed by atoms with Crippen molar-refractivity contribution in [2.24, 2.45) is 0 Å². The Bertz CT molecular complexity index is 1260. The molecule has 0 atom stereocenters. The monoisotopic (exact) mass is 440 g/mol. The van der Waals surface area contributed by atoms with E-state index >= 15 is 0 Å². The summed E-state index contributed by atoms with van der Waals surface area (Å²) < 4.78 is 11.0. The molecule has 33 heavy (non-hydrogen) atoms. The molecule has 0 radical (unpaired) electrons. The van der Waals surface area contributed by atoms with Crippen LogP contribution < -0.4 is 4.74 Å². The van der Waals surface area contributed by atoms with Gasteiger partial charge < -0.3 is 9.47 Å². The van der Waals surface area contributed by atoms with Gasteiger partial charge in [-0.3, -0.25) is 14.5 Å². The van der Waals surface area contributed by atoms with Gasteiger partial charge in [-0.2, -0.15) is 5.26 Å². The van der Waals surface area contributed by atoms with E-state index in [1.165, 1.54) is 0 Å². The Balaban J connectivity index is 1.54. The van der Waals surface area contributed by atoms with Gasteiger partial charge in [0.05, 0.1) is 35.9 Å². The summed E-state index contributed by atoms with van der Waals surface area (Å²) in [6, 6.07) is 20.4. The summed E-state index contributed by atoms with van der Waals surface area (Å²) in [4.78, 5) is 39.4. The standard InChI is InChI=1S/C26H20N2O5/c1-2-32-23-11-10-18(15-28-24(29)20-8-3-4-9-21(20)25(28)30)13-22(23)26(31)33-16-19-7-5-6-17(12-19)14-27/h3-13H,2,15-16H2,1H3. The Kier molecular flexibility index (Phi) is 6.18. The molecule has 1 aliphatic rings. The minimum absolute atomic E-state index is 0.0114. The van der Waals surface area contributed by atoms with E-state index in [4.69, 9.17) is 14.7 Å². The topological polar surface area (TPSA) is 96.7 Å². The van der Waals surface area contributed by atoms with Gasteiger partial charge in [0.1, 0.15) is 17.9 Å². The van der Waals surface area contributed by atoms with Gasteiger partial charge in [-0.05, 0) is 54.4 Å². The molecule has 3 aromatic rings. The van der Waals surface area contributed by atoms with Gasteiger partial charge in [0.2, 0.25) is 0 Å². The van der Waals surface area contributed by atoms with Crippen LogP contribution in [-0.4, -0.2) is 29.3 Å². The maximum atomic E-state index is 12.9. The molecule has 1 heterocycles. The normalized spacial score (nSPS) is 12.3. The molecule has 7 nitrogen and oxygen atoms in total. The summed E-state index contributed by atoms with van der Waals surface area (Å²) in [5.74, 6) is -0.999. The number of ether oxygens (including phenoxy) is 2. The third kappa shape index (κ3) is 4.46. The minimum atomic E-state index is -0.606. The molecule has 164 valence electrons. The number of carbonyl (C=O) groups excluding carboxylic acids is 3. The van der Waals surface area contributed by atoms with Crippen molar-refractivity contribution >= 4 is 17.8 Å². The second kappa shape index (κ2) is 9.37. The van der Waals surface area contributed by atoms with E-state index in [1.807, 2.05) is 6.07 Å². The molecule has 0 saturated heterocycles. The van der Waals surface area contributed by atoms with Crippen molar-refractivity contribution in [3.63, 3.8) is 0 Å². The van der Waals surface area contributed by atoms with Crippen LogP contribution in [0.2, 0.25) is 0 Å². The van der Waals surface area contributed by atoms with E-state index in [0.29, 0.717) is 40.2 Å². The summed E-state index contributed by atoms with van der Waals surface area (Å²) in [5, 5.41) is 9.03. The minimum Gasteiger partial charge on any atom is -0.493 e. The van der Waals surface area contributed by atoms with Gasteiger partial charge >= 0.3 is 5.97 Å². The van der Waals surface area contributed by atoms with Gasteiger partial charge in [0.15, 0.2) is 0 Å². The summed E-state index contributed by atoms with van der Waals surface area (Å²) in [6.07, 6.45) is 0. The molecule has 0 N–H and O–H groups in total. The highest BCUT2D eigenvalue weighted by molar-refractivity contribution is 6.21. The Morgan fingerprint density at radius 1 is 0.939 bits per heavy atom. The number of hydrogen-bond donors (Lipinski definition) is 0. The Morgan fingerprint density at radius 2 is 1.67 bits per heavy atom. The highest BCUT2D eigenvalue weighted by Crippen LogP contribution is 2.27. The summed E-state index contributed by atoms with van der Waals surface area (Å²) in [7, 11) is 0. The molecular weight excluding hydrogens is 420 g/mol. The maximum Gasteiger partial charge on any atom is 0.342 e. The zero-order valence-corrected chi connectivity index (χ0v) is 17.9. The summed E-state index contributed by atoms with van der Waals surface area (Å²) in [5.41, 5.74) is 2.68. The van der Waals surface area contributed by atoms with Crippen LogP contribution in [0.5, 0.6) is 5.75 Å². The Hall–Kier alpha value is -4.44. The number of amides is 2. The van der Waals surface area contributed by atoms with Crippen LogP contribution in [0.1, 0.15) is 54.7 Å². The molecule has 0 unspecified atom stereocenters. The van der Waals surface area contributed by atoms with Crippen LogP contribution in [0.4, 0.5) is 0 Å². The number of esters is 1. The number of benzene rings is 3. The fourth-order valence-corrected chi connectivity index (χ4v) is 3.64. The molecule has 0 aliphatic carbocycles. The molecule has 4 rings (SSSR count). The first-order valence-corrected chi connectivity index (χ1v) is 10.4. The lowest BCUT2D eigenvalue weighted by Gasteiger charge is -2.16. The van der Waals surface area contributed by atoms with Gasteiger partial charge in [0, 0.05) is 0 Å². The molecule has 7 heteroatoms. The van der Waals surface area contributed by atoms with Crippen molar-refractivity contribution < 1.29 is 23.9 Å². The Labute approximate surface area is 190 Å². The highest BCUT2D eigenvalue weighted by Gasteiger charge is 2.35. The number of nitrogens with zero attached hydrogens (tertiary/aromatic N) is 2. The van der Waals surface area contributed by atoms with Gasteiger partial charge in [-0.25, -0.2) is 4.79 Å². The average Bonchev–Trinajstić information content (AvgIpc) is 3.08. The lowest BCUT2D eigenvalue weighted by molar-refractivity contribution is 0.0468. The number of fused-ring (bicyclic) bond motifs is 1. The van der Waals surface area contributed by atoms with E-state index in [2.05, 4.69) is 0 Å². The van der Waals surface area contributed by atoms with Crippen molar-refractivity contribution in [2.75, 3.05) is 6.61 Å². The number of carbonyl (C=O) groups is 3. The van der Waals surface area contributed by atoms with Crippen LogP contribution in [0.3, 0.4) is 0 Å². The zero-order valence-electron chi connectivity index (χ0n) is 17.9. The fraction of sp³-hybridized carbons (Fsp3) is 0.154. The van der Waals surface area contributed by atoms with Crippen LogP contribution in [0.15, 0.2) is 66.7 Å². The lowest BCUT2D eigenvalue weighted by atomic mass is 10.1. The molecule has 0 aromatic heterocycles. The van der Waals surface area contributed by atoms with Crippen LogP contribution >= 0.6 is 0 Å². The number of hydrogen-bond acceptors (Lipinski definition) is 6. The molecule has 0 spiro atoms. The van der Waals surface area contributed by atoms with Gasteiger partial charge in [0.25, 0.3) is 11.8 Å². The third-order valence-electron chi connectivity index (χ3n) is 5.21. The van der Waals surface area contributed by atoms with E-state index in [9.17, 15) is 14.4 Å². The first-order valence-electron chi connectivity index (χ1n) is 10.4.